The van der Waals surface area contributed by atoms with E-state index >= 15 is 0 Å². The summed E-state index contributed by atoms with van der Waals surface area (Å²) in [6.07, 6.45) is 3.82. The summed E-state index contributed by atoms with van der Waals surface area (Å²) in [4.78, 5) is 26.7. The highest BCUT2D eigenvalue weighted by atomic mass is 17.5. The molecule has 6 nitrogen and oxygen atoms in total. The second kappa shape index (κ2) is 10.0. The quantitative estimate of drug-likeness (QED) is 0.235. The van der Waals surface area contributed by atoms with Crippen LogP contribution in [0.1, 0.15) is 53.3 Å². The molecular formula is C15H20O6. The molecule has 116 valence electrons. The summed E-state index contributed by atoms with van der Waals surface area (Å²) in [6, 6.07) is 6.31. The highest BCUT2D eigenvalue weighted by Crippen LogP contribution is 2.11. The summed E-state index contributed by atoms with van der Waals surface area (Å²) in [5.41, 5.74) is 0.953. The van der Waals surface area contributed by atoms with Gasteiger partial charge < -0.3 is 4.74 Å². The topological polar surface area (TPSA) is 82.1 Å². The third-order valence-corrected chi connectivity index (χ3v) is 2.98. The van der Waals surface area contributed by atoms with Crippen molar-refractivity contribution in [2.75, 3.05) is 6.61 Å². The van der Waals surface area contributed by atoms with E-state index in [0.29, 0.717) is 17.7 Å². The Kier molecular flexibility index (Phi) is 8.27. The van der Waals surface area contributed by atoms with E-state index in [1.807, 2.05) is 6.92 Å². The Morgan fingerprint density at radius 2 is 1.95 bits per heavy atom. The molecule has 0 saturated heterocycles. The van der Waals surface area contributed by atoms with Crippen LogP contribution in [0.25, 0.3) is 0 Å². The SMILES string of the molecule is CC(CCCCCOOO)OC(=O)c1ccc(C=O)cc1. The summed E-state index contributed by atoms with van der Waals surface area (Å²) in [5.74, 6) is -0.392. The summed E-state index contributed by atoms with van der Waals surface area (Å²) < 4.78 is 5.31. The van der Waals surface area contributed by atoms with Gasteiger partial charge in [0, 0.05) is 5.56 Å². The molecule has 1 aromatic rings. The molecule has 0 aromatic heterocycles. The van der Waals surface area contributed by atoms with Crippen LogP contribution >= 0.6 is 0 Å². The monoisotopic (exact) mass is 296 g/mol. The van der Waals surface area contributed by atoms with Crippen LogP contribution in [0.15, 0.2) is 24.3 Å². The van der Waals surface area contributed by atoms with Gasteiger partial charge in [-0.05, 0) is 38.3 Å². The number of carbonyl (C=O) groups excluding carboxylic acids is 2. The summed E-state index contributed by atoms with van der Waals surface area (Å²) in [5, 5.41) is 11.4. The van der Waals surface area contributed by atoms with Crippen molar-refractivity contribution in [2.45, 2.75) is 38.7 Å². The zero-order valence-electron chi connectivity index (χ0n) is 12.0. The van der Waals surface area contributed by atoms with Crippen molar-refractivity contribution in [2.24, 2.45) is 0 Å². The standard InChI is InChI=1S/C15H20O6/c1-12(5-3-2-4-10-19-21-18)20-15(17)14-8-6-13(11-16)7-9-14/h6-9,11-12,18H,2-5,10H2,1H3. The normalized spacial score (nSPS) is 11.9. The zero-order valence-corrected chi connectivity index (χ0v) is 12.0. The molecule has 0 radical (unpaired) electrons. The van der Waals surface area contributed by atoms with Gasteiger partial charge in [0.15, 0.2) is 0 Å². The van der Waals surface area contributed by atoms with Gasteiger partial charge in [0.1, 0.15) is 6.29 Å². The van der Waals surface area contributed by atoms with Gasteiger partial charge in [-0.25, -0.2) is 14.9 Å². The Morgan fingerprint density at radius 1 is 1.24 bits per heavy atom. The fraction of sp³-hybridized carbons (Fsp3) is 0.467. The Bertz CT molecular complexity index is 428. The molecule has 0 aliphatic carbocycles. The van der Waals surface area contributed by atoms with Crippen LogP contribution in [-0.4, -0.2) is 30.2 Å². The molecular weight excluding hydrogens is 276 g/mol. The van der Waals surface area contributed by atoms with Crippen molar-refractivity contribution in [3.8, 4) is 0 Å². The van der Waals surface area contributed by atoms with Gasteiger partial charge in [0.2, 0.25) is 0 Å². The average Bonchev–Trinajstić information content (AvgIpc) is 2.50. The second-order valence-corrected chi connectivity index (χ2v) is 4.70. The number of benzene rings is 1. The fourth-order valence-corrected chi connectivity index (χ4v) is 1.81. The van der Waals surface area contributed by atoms with Gasteiger partial charge in [-0.15, -0.1) is 0 Å². The number of ether oxygens (including phenoxy) is 1. The lowest BCUT2D eigenvalue weighted by atomic mass is 10.1. The molecule has 1 unspecified atom stereocenters. The molecule has 21 heavy (non-hydrogen) atoms. The van der Waals surface area contributed by atoms with E-state index in [1.165, 1.54) is 0 Å². The molecule has 6 heteroatoms. The first kappa shape index (κ1) is 17.3. The predicted octanol–water partition coefficient (Wildman–Crippen LogP) is 3.03. The minimum atomic E-state index is -0.392. The van der Waals surface area contributed by atoms with E-state index in [-0.39, 0.29) is 6.10 Å². The lowest BCUT2D eigenvalue weighted by molar-refractivity contribution is -0.490. The van der Waals surface area contributed by atoms with Crippen LogP contribution in [0.2, 0.25) is 0 Å². The number of esters is 1. The fourth-order valence-electron chi connectivity index (χ4n) is 1.81. The average molecular weight is 296 g/mol. The van der Waals surface area contributed by atoms with Gasteiger partial charge >= 0.3 is 5.97 Å². The van der Waals surface area contributed by atoms with Gasteiger partial charge in [0.25, 0.3) is 0 Å². The first-order valence-electron chi connectivity index (χ1n) is 6.86. The largest absolute Gasteiger partial charge is 0.459 e. The molecule has 0 heterocycles. The minimum Gasteiger partial charge on any atom is -0.459 e. The molecule has 0 spiro atoms. The van der Waals surface area contributed by atoms with Crippen LogP contribution in [0.4, 0.5) is 0 Å². The molecule has 0 aliphatic rings. The van der Waals surface area contributed by atoms with Crippen molar-refractivity contribution in [1.29, 1.82) is 0 Å². The Morgan fingerprint density at radius 3 is 2.57 bits per heavy atom. The number of hydrogen-bond donors (Lipinski definition) is 1. The number of unbranched alkanes of at least 4 members (excludes halogenated alkanes) is 2. The van der Waals surface area contributed by atoms with Crippen molar-refractivity contribution in [3.05, 3.63) is 35.4 Å². The first-order valence-corrected chi connectivity index (χ1v) is 6.86. The Labute approximate surface area is 123 Å². The molecule has 1 aromatic carbocycles. The molecule has 1 rings (SSSR count). The van der Waals surface area contributed by atoms with Crippen LogP contribution in [0.5, 0.6) is 0 Å². The van der Waals surface area contributed by atoms with E-state index in [4.69, 9.17) is 9.99 Å². The van der Waals surface area contributed by atoms with Crippen LogP contribution in [0, 0.1) is 0 Å². The summed E-state index contributed by atoms with van der Waals surface area (Å²) in [6.45, 7) is 2.17. The smallest absolute Gasteiger partial charge is 0.338 e. The van der Waals surface area contributed by atoms with Gasteiger partial charge in [0.05, 0.1) is 18.3 Å². The lowest BCUT2D eigenvalue weighted by Gasteiger charge is -2.13. The summed E-state index contributed by atoms with van der Waals surface area (Å²) in [7, 11) is 0. The third kappa shape index (κ3) is 6.99. The lowest BCUT2D eigenvalue weighted by Crippen LogP contribution is -2.15. The number of aldehydes is 1. The second-order valence-electron chi connectivity index (χ2n) is 4.70. The Balaban J connectivity index is 2.24. The number of hydrogen-bond acceptors (Lipinski definition) is 6. The molecule has 0 bridgehead atoms. The van der Waals surface area contributed by atoms with E-state index in [0.717, 1.165) is 32.0 Å². The van der Waals surface area contributed by atoms with Crippen molar-refractivity contribution in [1.82, 2.24) is 0 Å². The Hall–Kier alpha value is -1.76. The third-order valence-electron chi connectivity index (χ3n) is 2.98. The van der Waals surface area contributed by atoms with E-state index in [2.05, 4.69) is 9.93 Å². The molecule has 0 fully saturated rings. The van der Waals surface area contributed by atoms with Crippen molar-refractivity contribution in [3.63, 3.8) is 0 Å². The minimum absolute atomic E-state index is 0.182. The maximum atomic E-state index is 11.9. The predicted molar refractivity (Wildman–Crippen MR) is 74.8 cm³/mol. The molecule has 0 saturated carbocycles. The van der Waals surface area contributed by atoms with E-state index < -0.39 is 5.97 Å². The number of carbonyl (C=O) groups is 2. The van der Waals surface area contributed by atoms with E-state index in [9.17, 15) is 9.59 Å². The van der Waals surface area contributed by atoms with Crippen molar-refractivity contribution >= 4 is 12.3 Å². The van der Waals surface area contributed by atoms with Crippen molar-refractivity contribution < 1.29 is 29.5 Å². The molecule has 0 amide bonds. The van der Waals surface area contributed by atoms with Gasteiger partial charge in [-0.3, -0.25) is 4.79 Å². The maximum Gasteiger partial charge on any atom is 0.338 e. The van der Waals surface area contributed by atoms with Gasteiger partial charge in [-0.2, -0.15) is 0 Å². The number of rotatable bonds is 10. The van der Waals surface area contributed by atoms with E-state index in [1.54, 1.807) is 24.3 Å². The van der Waals surface area contributed by atoms with Crippen LogP contribution < -0.4 is 0 Å². The van der Waals surface area contributed by atoms with Crippen LogP contribution in [0.3, 0.4) is 0 Å². The highest BCUT2D eigenvalue weighted by molar-refractivity contribution is 5.90. The van der Waals surface area contributed by atoms with Gasteiger partial charge in [-0.1, -0.05) is 23.6 Å². The molecule has 1 atom stereocenters. The zero-order chi connectivity index (χ0) is 15.5. The molecule has 0 aliphatic heterocycles. The summed E-state index contributed by atoms with van der Waals surface area (Å²) >= 11 is 0. The maximum absolute atomic E-state index is 11.9. The first-order chi connectivity index (χ1) is 10.2. The highest BCUT2D eigenvalue weighted by Gasteiger charge is 2.11. The van der Waals surface area contributed by atoms with Crippen LogP contribution in [-0.2, 0) is 14.7 Å². The molecule has 1 N–H and O–H groups in total.